The Balaban J connectivity index is 1.49. The number of ether oxygens (including phenoxy) is 1. The summed E-state index contributed by atoms with van der Waals surface area (Å²) in [5, 5.41) is 1.19. The molecule has 2 heterocycles. The number of aromatic nitrogens is 1. The molecule has 0 saturated carbocycles. The summed E-state index contributed by atoms with van der Waals surface area (Å²) in [6.45, 7) is 18.5. The Morgan fingerprint density at radius 1 is 1.06 bits per heavy atom. The maximum atomic E-state index is 12.5. The second-order valence-electron chi connectivity index (χ2n) is 12.7. The van der Waals surface area contributed by atoms with Crippen molar-refractivity contribution in [2.24, 2.45) is 0 Å². The second kappa shape index (κ2) is 9.24. The molecule has 0 spiro atoms. The van der Waals surface area contributed by atoms with Gasteiger partial charge in [0.15, 0.2) is 0 Å². The molecule has 0 radical (unpaired) electrons. The molecule has 1 aliphatic heterocycles. The summed E-state index contributed by atoms with van der Waals surface area (Å²) in [6.07, 6.45) is 1.73. The van der Waals surface area contributed by atoms with Crippen LogP contribution in [0, 0.1) is 0 Å². The smallest absolute Gasteiger partial charge is 0.410 e. The number of carbonyl (C=O) groups is 1. The number of hydrogen-bond acceptors (Lipinski definition) is 4. The van der Waals surface area contributed by atoms with E-state index in [1.165, 1.54) is 26.4 Å². The monoisotopic (exact) mass is 492 g/mol. The predicted octanol–water partition coefficient (Wildman–Crippen LogP) is 7.84. The lowest BCUT2D eigenvalue weighted by Gasteiger charge is -2.27. The van der Waals surface area contributed by atoms with Crippen LogP contribution in [0.4, 0.5) is 4.79 Å². The van der Waals surface area contributed by atoms with Crippen molar-refractivity contribution >= 4 is 27.6 Å². The number of amides is 1. The fourth-order valence-electron chi connectivity index (χ4n) is 4.75. The Labute approximate surface area is 214 Å². The van der Waals surface area contributed by atoms with Crippen LogP contribution in [0.15, 0.2) is 42.5 Å². The summed E-state index contributed by atoms with van der Waals surface area (Å²) in [4.78, 5) is 19.2. The average Bonchev–Trinajstić information content (AvgIpc) is 3.39. The van der Waals surface area contributed by atoms with Gasteiger partial charge in [-0.1, -0.05) is 65.0 Å². The summed E-state index contributed by atoms with van der Waals surface area (Å²) >= 11 is 1.81. The molecule has 3 aromatic rings. The molecule has 1 aromatic heterocycles. The van der Waals surface area contributed by atoms with Gasteiger partial charge in [-0.3, -0.25) is 0 Å². The van der Waals surface area contributed by atoms with Crippen LogP contribution >= 0.6 is 11.3 Å². The van der Waals surface area contributed by atoms with Crippen LogP contribution in [-0.4, -0.2) is 34.7 Å². The number of thiazole rings is 1. The fourth-order valence-corrected chi connectivity index (χ4v) is 5.84. The van der Waals surface area contributed by atoms with Gasteiger partial charge in [0.05, 0.1) is 15.2 Å². The van der Waals surface area contributed by atoms with Crippen molar-refractivity contribution in [2.45, 2.75) is 90.6 Å². The van der Waals surface area contributed by atoms with E-state index in [4.69, 9.17) is 9.72 Å². The molecule has 1 unspecified atom stereocenters. The van der Waals surface area contributed by atoms with E-state index in [0.717, 1.165) is 31.4 Å². The van der Waals surface area contributed by atoms with E-state index in [1.807, 2.05) is 37.0 Å². The highest BCUT2D eigenvalue weighted by Gasteiger charge is 2.31. The van der Waals surface area contributed by atoms with Crippen LogP contribution in [0.25, 0.3) is 10.2 Å². The van der Waals surface area contributed by atoms with Gasteiger partial charge >= 0.3 is 6.09 Å². The summed E-state index contributed by atoms with van der Waals surface area (Å²) < 4.78 is 6.85. The van der Waals surface area contributed by atoms with Gasteiger partial charge in [0.2, 0.25) is 0 Å². The van der Waals surface area contributed by atoms with E-state index in [-0.39, 0.29) is 16.9 Å². The number of likely N-dealkylation sites (tertiary alicyclic amines) is 1. The maximum absolute atomic E-state index is 12.5. The highest BCUT2D eigenvalue weighted by molar-refractivity contribution is 7.18. The zero-order chi connectivity index (χ0) is 25.6. The molecule has 1 saturated heterocycles. The molecule has 0 N–H and O–H groups in total. The largest absolute Gasteiger partial charge is 0.444 e. The average molecular weight is 493 g/mol. The first-order chi connectivity index (χ1) is 16.2. The lowest BCUT2D eigenvalue weighted by molar-refractivity contribution is 0.0292. The van der Waals surface area contributed by atoms with Gasteiger partial charge in [-0.05, 0) is 67.9 Å². The summed E-state index contributed by atoms with van der Waals surface area (Å²) in [7, 11) is 0. The van der Waals surface area contributed by atoms with E-state index >= 15 is 0 Å². The van der Waals surface area contributed by atoms with Gasteiger partial charge in [-0.2, -0.15) is 0 Å². The molecular formula is C30H40N2O2S. The molecule has 0 bridgehead atoms. The van der Waals surface area contributed by atoms with Crippen LogP contribution in [0.2, 0.25) is 0 Å². The van der Waals surface area contributed by atoms with Crippen LogP contribution in [0.5, 0.6) is 0 Å². The number of benzene rings is 2. The molecule has 1 atom stereocenters. The van der Waals surface area contributed by atoms with E-state index in [1.54, 1.807) is 0 Å². The third-order valence-corrected chi connectivity index (χ3v) is 8.16. The van der Waals surface area contributed by atoms with Crippen molar-refractivity contribution < 1.29 is 9.53 Å². The van der Waals surface area contributed by atoms with Crippen molar-refractivity contribution in [3.05, 3.63) is 64.2 Å². The third-order valence-electron chi connectivity index (χ3n) is 6.72. The van der Waals surface area contributed by atoms with Crippen molar-refractivity contribution in [1.82, 2.24) is 9.88 Å². The van der Waals surface area contributed by atoms with Crippen LogP contribution in [-0.2, 0) is 22.0 Å². The zero-order valence-corrected chi connectivity index (χ0v) is 23.4. The number of fused-ring (bicyclic) bond motifs is 1. The van der Waals surface area contributed by atoms with Crippen molar-refractivity contribution in [1.29, 1.82) is 0 Å². The summed E-state index contributed by atoms with van der Waals surface area (Å²) in [5.74, 6) is 0.350. The van der Waals surface area contributed by atoms with Crippen LogP contribution in [0.3, 0.4) is 0 Å². The van der Waals surface area contributed by atoms with Crippen LogP contribution in [0.1, 0.15) is 89.4 Å². The molecular weight excluding hydrogens is 452 g/mol. The lowest BCUT2D eigenvalue weighted by atomic mass is 9.78. The molecule has 5 heteroatoms. The molecule has 4 nitrogen and oxygen atoms in total. The molecule has 35 heavy (non-hydrogen) atoms. The van der Waals surface area contributed by atoms with E-state index in [2.05, 4.69) is 77.1 Å². The first-order valence-electron chi connectivity index (χ1n) is 12.7. The lowest BCUT2D eigenvalue weighted by Crippen LogP contribution is -2.35. The van der Waals surface area contributed by atoms with E-state index < -0.39 is 5.60 Å². The normalized spacial score (nSPS) is 17.3. The third kappa shape index (κ3) is 6.06. The first-order valence-corrected chi connectivity index (χ1v) is 13.5. The summed E-state index contributed by atoms with van der Waals surface area (Å²) in [5.41, 5.74) is 4.69. The Morgan fingerprint density at radius 2 is 1.80 bits per heavy atom. The fraction of sp³-hybridized carbons (Fsp3) is 0.533. The van der Waals surface area contributed by atoms with E-state index in [0.29, 0.717) is 5.92 Å². The molecule has 1 aliphatic rings. The minimum atomic E-state index is -0.463. The number of hydrogen-bond donors (Lipinski definition) is 0. The number of carbonyl (C=O) groups excluding carboxylic acids is 1. The highest BCUT2D eigenvalue weighted by Crippen LogP contribution is 2.35. The van der Waals surface area contributed by atoms with Gasteiger partial charge in [0, 0.05) is 24.4 Å². The Morgan fingerprint density at radius 3 is 2.49 bits per heavy atom. The van der Waals surface area contributed by atoms with Gasteiger partial charge < -0.3 is 9.64 Å². The minimum absolute atomic E-state index is 0.00924. The first kappa shape index (κ1) is 25.7. The standard InChI is InChI=1S/C30H40N2O2S/c1-28(2,3)26-31-24-13-12-20(16-25(24)35-26)18-30(7,8)23-11-9-10-21(17-23)22-14-15-32(19-22)27(33)34-29(4,5)6/h9-13,16-17,22H,14-15,18-19H2,1-8H3. The Kier molecular flexibility index (Phi) is 6.78. The van der Waals surface area contributed by atoms with Gasteiger partial charge in [0.25, 0.3) is 0 Å². The van der Waals surface area contributed by atoms with E-state index in [9.17, 15) is 4.79 Å². The Hall–Kier alpha value is -2.40. The Bertz CT molecular complexity index is 1210. The molecule has 4 rings (SSSR count). The minimum Gasteiger partial charge on any atom is -0.444 e. The van der Waals surface area contributed by atoms with Gasteiger partial charge in [-0.25, -0.2) is 9.78 Å². The molecule has 188 valence electrons. The molecule has 0 aliphatic carbocycles. The predicted molar refractivity (Wildman–Crippen MR) is 147 cm³/mol. The van der Waals surface area contributed by atoms with Crippen molar-refractivity contribution in [3.8, 4) is 0 Å². The zero-order valence-electron chi connectivity index (χ0n) is 22.6. The van der Waals surface area contributed by atoms with Gasteiger partial charge in [-0.15, -0.1) is 11.3 Å². The topological polar surface area (TPSA) is 42.4 Å². The molecule has 1 fully saturated rings. The highest BCUT2D eigenvalue weighted by atomic mass is 32.1. The van der Waals surface area contributed by atoms with Gasteiger partial charge in [0.1, 0.15) is 5.60 Å². The van der Waals surface area contributed by atoms with Crippen molar-refractivity contribution in [3.63, 3.8) is 0 Å². The molecule has 1 amide bonds. The molecule has 2 aromatic carbocycles. The number of rotatable bonds is 4. The quantitative estimate of drug-likeness (QED) is 0.372. The SMILES string of the molecule is CC(C)(C)OC(=O)N1CCC(c2cccc(C(C)(C)Cc3ccc4nc(C(C)(C)C)sc4c3)c2)C1. The maximum Gasteiger partial charge on any atom is 0.410 e. The van der Waals surface area contributed by atoms with Crippen LogP contribution < -0.4 is 0 Å². The number of nitrogens with zero attached hydrogens (tertiary/aromatic N) is 2. The second-order valence-corrected chi connectivity index (χ2v) is 13.7. The summed E-state index contributed by atoms with van der Waals surface area (Å²) in [6, 6.07) is 15.7. The van der Waals surface area contributed by atoms with Crippen molar-refractivity contribution in [2.75, 3.05) is 13.1 Å².